The second-order valence-electron chi connectivity index (χ2n) is 6.20. The number of nitrogens with two attached hydrogens (primary N) is 1. The molecule has 28 heavy (non-hydrogen) atoms. The number of aryl methyl sites for hydroxylation is 1. The van der Waals surface area contributed by atoms with Crippen molar-refractivity contribution in [3.63, 3.8) is 0 Å². The number of urea groups is 1. The van der Waals surface area contributed by atoms with Crippen LogP contribution in [-0.2, 0) is 4.79 Å². The van der Waals surface area contributed by atoms with Gasteiger partial charge in [-0.25, -0.2) is 9.78 Å². The summed E-state index contributed by atoms with van der Waals surface area (Å²) in [6.07, 6.45) is 0.0324. The van der Waals surface area contributed by atoms with Gasteiger partial charge in [-0.1, -0.05) is 35.9 Å². The van der Waals surface area contributed by atoms with Crippen molar-refractivity contribution in [2.24, 2.45) is 5.73 Å². The average molecular weight is 415 g/mol. The second-order valence-corrected chi connectivity index (χ2v) is 7.70. The Bertz CT molecular complexity index is 988. The molecule has 3 amide bonds. The number of aromatic nitrogens is 1. The zero-order valence-corrected chi connectivity index (χ0v) is 16.7. The second kappa shape index (κ2) is 8.86. The first-order chi connectivity index (χ1) is 13.4. The van der Waals surface area contributed by atoms with Crippen LogP contribution in [0, 0.1) is 6.92 Å². The van der Waals surface area contributed by atoms with Crippen LogP contribution in [0.2, 0.25) is 5.02 Å². The monoisotopic (exact) mass is 414 g/mol. The maximum atomic E-state index is 12.6. The normalized spacial score (nSPS) is 11.6. The Balaban J connectivity index is 1.72. The summed E-state index contributed by atoms with van der Waals surface area (Å²) in [6, 6.07) is 13.1. The van der Waals surface area contributed by atoms with Gasteiger partial charge in [0, 0.05) is 21.7 Å². The number of nitrogens with zero attached hydrogens (tertiary/aromatic N) is 1. The number of halogens is 1. The molecule has 3 rings (SSSR count). The number of nitrogens with one attached hydrogen (secondary N) is 2. The van der Waals surface area contributed by atoms with Gasteiger partial charge < -0.3 is 16.4 Å². The number of anilines is 1. The van der Waals surface area contributed by atoms with Crippen molar-refractivity contribution in [2.45, 2.75) is 19.4 Å². The molecule has 4 N–H and O–H groups in total. The average Bonchev–Trinajstić information content (AvgIpc) is 3.08. The van der Waals surface area contributed by atoms with E-state index in [-0.39, 0.29) is 12.3 Å². The molecule has 0 aliphatic heterocycles. The molecule has 0 saturated carbocycles. The first-order valence-corrected chi connectivity index (χ1v) is 9.80. The van der Waals surface area contributed by atoms with E-state index in [1.54, 1.807) is 41.7 Å². The lowest BCUT2D eigenvalue weighted by molar-refractivity contribution is -0.116. The van der Waals surface area contributed by atoms with Gasteiger partial charge in [0.15, 0.2) is 0 Å². The highest BCUT2D eigenvalue weighted by atomic mass is 35.5. The van der Waals surface area contributed by atoms with Gasteiger partial charge in [0.05, 0.1) is 23.2 Å². The minimum absolute atomic E-state index is 0.0324. The zero-order valence-electron chi connectivity index (χ0n) is 15.1. The number of primary amides is 1. The van der Waals surface area contributed by atoms with E-state index in [0.717, 1.165) is 21.8 Å². The number of carbonyl (C=O) groups excluding carboxylic acids is 2. The number of hydrogen-bond donors (Lipinski definition) is 3. The molecule has 1 aromatic heterocycles. The Morgan fingerprint density at radius 1 is 1.21 bits per heavy atom. The third kappa shape index (κ3) is 5.31. The lowest BCUT2D eigenvalue weighted by atomic mass is 10.0. The maximum absolute atomic E-state index is 12.6. The third-order valence-corrected chi connectivity index (χ3v) is 5.06. The molecule has 0 radical (unpaired) electrons. The summed E-state index contributed by atoms with van der Waals surface area (Å²) in [4.78, 5) is 28.4. The fourth-order valence-corrected chi connectivity index (χ4v) is 3.52. The lowest BCUT2D eigenvalue weighted by Gasteiger charge is -2.18. The molecule has 0 saturated heterocycles. The number of rotatable bonds is 6. The van der Waals surface area contributed by atoms with Crippen LogP contribution in [0.5, 0.6) is 0 Å². The summed E-state index contributed by atoms with van der Waals surface area (Å²) in [5.41, 5.74) is 8.45. The summed E-state index contributed by atoms with van der Waals surface area (Å²) in [5.74, 6) is -0.250. The van der Waals surface area contributed by atoms with E-state index in [9.17, 15) is 9.59 Å². The van der Waals surface area contributed by atoms with Crippen molar-refractivity contribution in [2.75, 3.05) is 5.32 Å². The molecule has 0 bridgehead atoms. The largest absolute Gasteiger partial charge is 0.352 e. The molecule has 8 heteroatoms. The minimum Gasteiger partial charge on any atom is -0.352 e. The van der Waals surface area contributed by atoms with Crippen molar-refractivity contribution >= 4 is 40.6 Å². The summed E-state index contributed by atoms with van der Waals surface area (Å²) in [5, 5.41) is 8.99. The van der Waals surface area contributed by atoms with Crippen molar-refractivity contribution in [1.29, 1.82) is 0 Å². The van der Waals surface area contributed by atoms with Crippen LogP contribution in [0.4, 0.5) is 10.5 Å². The van der Waals surface area contributed by atoms with E-state index >= 15 is 0 Å². The SMILES string of the molecule is Cc1nc(-c2cccc(NC(=O)C[C@H](NC(N)=O)c3ccc(Cl)cc3)c2)cs1. The van der Waals surface area contributed by atoms with Crippen LogP contribution in [0.15, 0.2) is 53.9 Å². The smallest absolute Gasteiger partial charge is 0.312 e. The standard InChI is InChI=1S/C20H19ClN4O2S/c1-12-23-18(11-28-12)14-3-2-4-16(9-14)24-19(26)10-17(25-20(22)27)13-5-7-15(21)8-6-13/h2-9,11,17H,10H2,1H3,(H,24,26)(H3,22,25,27)/t17-/m0/s1. The van der Waals surface area contributed by atoms with Gasteiger partial charge >= 0.3 is 6.03 Å². The highest BCUT2D eigenvalue weighted by Gasteiger charge is 2.18. The van der Waals surface area contributed by atoms with E-state index in [2.05, 4.69) is 15.6 Å². The molecule has 0 spiro atoms. The van der Waals surface area contributed by atoms with Crippen molar-refractivity contribution in [3.8, 4) is 11.3 Å². The Morgan fingerprint density at radius 3 is 2.61 bits per heavy atom. The minimum atomic E-state index is -0.700. The molecular formula is C20H19ClN4O2S. The Labute approximate surface area is 171 Å². The van der Waals surface area contributed by atoms with Crippen LogP contribution >= 0.6 is 22.9 Å². The maximum Gasteiger partial charge on any atom is 0.312 e. The van der Waals surface area contributed by atoms with Gasteiger partial charge in [-0.2, -0.15) is 0 Å². The number of amides is 3. The van der Waals surface area contributed by atoms with Crippen molar-refractivity contribution < 1.29 is 9.59 Å². The van der Waals surface area contributed by atoms with Crippen LogP contribution in [0.3, 0.4) is 0 Å². The molecule has 1 heterocycles. The van der Waals surface area contributed by atoms with Gasteiger partial charge in [0.2, 0.25) is 5.91 Å². The quantitative estimate of drug-likeness (QED) is 0.553. The molecule has 1 atom stereocenters. The molecule has 0 aliphatic rings. The molecule has 0 unspecified atom stereocenters. The number of carbonyl (C=O) groups is 2. The third-order valence-electron chi connectivity index (χ3n) is 4.04. The van der Waals surface area contributed by atoms with E-state index < -0.39 is 12.1 Å². The predicted molar refractivity (Wildman–Crippen MR) is 112 cm³/mol. The van der Waals surface area contributed by atoms with Gasteiger partial charge in [-0.15, -0.1) is 11.3 Å². The fraction of sp³-hybridized carbons (Fsp3) is 0.150. The Morgan fingerprint density at radius 2 is 1.96 bits per heavy atom. The summed E-state index contributed by atoms with van der Waals surface area (Å²) < 4.78 is 0. The number of thiazole rings is 1. The van der Waals surface area contributed by atoms with Crippen LogP contribution in [0.25, 0.3) is 11.3 Å². The summed E-state index contributed by atoms with van der Waals surface area (Å²) in [7, 11) is 0. The number of benzene rings is 2. The van der Waals surface area contributed by atoms with Gasteiger partial charge in [0.1, 0.15) is 0 Å². The Kier molecular flexibility index (Phi) is 6.28. The van der Waals surface area contributed by atoms with E-state index in [1.165, 1.54) is 0 Å². The van der Waals surface area contributed by atoms with Crippen molar-refractivity contribution in [1.82, 2.24) is 10.3 Å². The first kappa shape index (κ1) is 19.9. The van der Waals surface area contributed by atoms with Crippen molar-refractivity contribution in [3.05, 3.63) is 69.5 Å². The number of hydrogen-bond acceptors (Lipinski definition) is 4. The highest BCUT2D eigenvalue weighted by Crippen LogP contribution is 2.25. The molecular weight excluding hydrogens is 396 g/mol. The molecule has 0 fully saturated rings. The summed E-state index contributed by atoms with van der Waals surface area (Å²) >= 11 is 7.48. The lowest BCUT2D eigenvalue weighted by Crippen LogP contribution is -2.35. The molecule has 0 aliphatic carbocycles. The van der Waals surface area contributed by atoms with Crippen LogP contribution < -0.4 is 16.4 Å². The van der Waals surface area contributed by atoms with Crippen LogP contribution in [-0.4, -0.2) is 16.9 Å². The topological polar surface area (TPSA) is 97.1 Å². The molecule has 6 nitrogen and oxygen atoms in total. The van der Waals surface area contributed by atoms with Crippen LogP contribution in [0.1, 0.15) is 23.0 Å². The highest BCUT2D eigenvalue weighted by molar-refractivity contribution is 7.09. The van der Waals surface area contributed by atoms with E-state index in [1.807, 2.05) is 30.5 Å². The zero-order chi connectivity index (χ0) is 20.1. The van der Waals surface area contributed by atoms with Gasteiger partial charge in [0.25, 0.3) is 0 Å². The van der Waals surface area contributed by atoms with Gasteiger partial charge in [-0.05, 0) is 36.8 Å². The predicted octanol–water partition coefficient (Wildman–Crippen LogP) is 4.51. The molecule has 3 aromatic rings. The van der Waals surface area contributed by atoms with Gasteiger partial charge in [-0.3, -0.25) is 4.79 Å². The fourth-order valence-electron chi connectivity index (χ4n) is 2.77. The van der Waals surface area contributed by atoms with E-state index in [4.69, 9.17) is 17.3 Å². The first-order valence-electron chi connectivity index (χ1n) is 8.54. The summed E-state index contributed by atoms with van der Waals surface area (Å²) in [6.45, 7) is 1.95. The molecule has 2 aromatic carbocycles. The Hall–Kier alpha value is -2.90. The molecule has 144 valence electrons. The van der Waals surface area contributed by atoms with E-state index in [0.29, 0.717) is 10.7 Å².